The fraction of sp³-hybridized carbons (Fsp3) is 0.294. The van der Waals surface area contributed by atoms with E-state index < -0.39 is 11.6 Å². The normalized spacial score (nSPS) is 9.10. The maximum absolute atomic E-state index is 13.6. The zero-order valence-electron chi connectivity index (χ0n) is 12.8. The van der Waals surface area contributed by atoms with Gasteiger partial charge in [0.1, 0.15) is 5.75 Å². The third kappa shape index (κ3) is 3.50. The second kappa shape index (κ2) is 8.20. The zero-order valence-corrected chi connectivity index (χ0v) is 12.8. The van der Waals surface area contributed by atoms with Crippen molar-refractivity contribution < 1.29 is 14.6 Å². The van der Waals surface area contributed by atoms with Gasteiger partial charge in [0, 0.05) is 5.56 Å². The van der Waals surface area contributed by atoms with Crippen LogP contribution in [0, 0.1) is 12.7 Å². The molecule has 0 aliphatic heterocycles. The lowest BCUT2D eigenvalue weighted by Gasteiger charge is -2.09. The van der Waals surface area contributed by atoms with Gasteiger partial charge in [-0.1, -0.05) is 40.3 Å². The van der Waals surface area contributed by atoms with Crippen LogP contribution in [0.5, 0.6) is 11.5 Å². The Balaban J connectivity index is 0.000000829. The number of benzene rings is 2. The summed E-state index contributed by atoms with van der Waals surface area (Å²) in [6, 6.07) is 4.32. The lowest BCUT2D eigenvalue weighted by molar-refractivity contribution is 0.433. The second-order valence-electron chi connectivity index (χ2n) is 3.69. The molecule has 0 heterocycles. The van der Waals surface area contributed by atoms with E-state index in [9.17, 15) is 14.6 Å². The van der Waals surface area contributed by atoms with E-state index in [-0.39, 0.29) is 11.3 Å². The predicted molar refractivity (Wildman–Crippen MR) is 84.8 cm³/mol. The molecule has 2 N–H and O–H groups in total. The summed E-state index contributed by atoms with van der Waals surface area (Å²) in [6.45, 7) is 13.3. The first-order chi connectivity index (χ1) is 9.54. The third-order valence-corrected chi connectivity index (χ3v) is 2.58. The van der Waals surface area contributed by atoms with Crippen molar-refractivity contribution in [2.45, 2.75) is 34.6 Å². The van der Waals surface area contributed by atoms with Gasteiger partial charge in [-0.3, -0.25) is 0 Å². The number of phenols is 2. The van der Waals surface area contributed by atoms with Gasteiger partial charge in [0.25, 0.3) is 0 Å². The minimum atomic E-state index is -0.684. The number of phenolic OH excluding ortho intramolecular Hbond substituents is 2. The van der Waals surface area contributed by atoms with Crippen LogP contribution in [-0.4, -0.2) is 10.2 Å². The lowest BCUT2D eigenvalue weighted by Crippen LogP contribution is -1.89. The Bertz CT molecular complexity index is 589. The summed E-state index contributed by atoms with van der Waals surface area (Å²) in [6.07, 6.45) is 1.36. The molecule has 2 aromatic rings. The number of hydrogen-bond donors (Lipinski definition) is 2. The Hall–Kier alpha value is -2.03. The molecule has 0 bridgehead atoms. The van der Waals surface area contributed by atoms with Crippen molar-refractivity contribution in [1.29, 1.82) is 0 Å². The third-order valence-electron chi connectivity index (χ3n) is 2.58. The molecule has 0 radical (unpaired) electrons. The quantitative estimate of drug-likeness (QED) is 0.733. The van der Waals surface area contributed by atoms with Crippen LogP contribution in [0.1, 0.15) is 38.8 Å². The number of halogens is 1. The minimum absolute atomic E-state index is 0.0889. The molecule has 0 fully saturated rings. The fourth-order valence-corrected chi connectivity index (χ4v) is 1.93. The van der Waals surface area contributed by atoms with Crippen LogP contribution in [0.4, 0.5) is 4.39 Å². The first kappa shape index (κ1) is 18.0. The SMILES string of the molecule is C=Cc1c(F)c(O)cc2cc(O)cc(C)c12.CC.CC. The molecule has 2 rings (SSSR count). The van der Waals surface area contributed by atoms with E-state index in [1.807, 2.05) is 27.7 Å². The van der Waals surface area contributed by atoms with Crippen LogP contribution in [0.25, 0.3) is 16.8 Å². The highest BCUT2D eigenvalue weighted by molar-refractivity contribution is 5.95. The standard InChI is InChI=1S/C13H11FO2.2C2H6/c1-3-10-12-7(2)4-9(15)5-8(12)6-11(16)13(10)14;2*1-2/h3-6,15-16H,1H2,2H3;2*1-2H3. The van der Waals surface area contributed by atoms with Crippen molar-refractivity contribution in [3.63, 3.8) is 0 Å². The Morgan fingerprint density at radius 2 is 1.60 bits per heavy atom. The van der Waals surface area contributed by atoms with Gasteiger partial charge in [-0.05, 0) is 41.5 Å². The van der Waals surface area contributed by atoms with Crippen molar-refractivity contribution in [3.8, 4) is 11.5 Å². The zero-order chi connectivity index (χ0) is 15.9. The molecule has 0 saturated carbocycles. The Morgan fingerprint density at radius 1 is 1.05 bits per heavy atom. The summed E-state index contributed by atoms with van der Waals surface area (Å²) in [5.74, 6) is -1.03. The molecule has 0 unspecified atom stereocenters. The van der Waals surface area contributed by atoms with Gasteiger partial charge in [0.05, 0.1) is 0 Å². The molecule has 0 spiro atoms. The summed E-state index contributed by atoms with van der Waals surface area (Å²) in [7, 11) is 0. The average Bonchev–Trinajstić information content (AvgIpc) is 2.45. The van der Waals surface area contributed by atoms with Gasteiger partial charge in [-0.15, -0.1) is 0 Å². The summed E-state index contributed by atoms with van der Waals surface area (Å²) < 4.78 is 13.6. The van der Waals surface area contributed by atoms with Crippen molar-refractivity contribution >= 4 is 16.8 Å². The Kier molecular flexibility index (Phi) is 7.37. The first-order valence-corrected chi connectivity index (χ1v) is 6.82. The van der Waals surface area contributed by atoms with Crippen molar-refractivity contribution in [3.05, 3.63) is 41.7 Å². The van der Waals surface area contributed by atoms with Gasteiger partial charge in [-0.2, -0.15) is 0 Å². The lowest BCUT2D eigenvalue weighted by atomic mass is 9.98. The first-order valence-electron chi connectivity index (χ1n) is 6.82. The fourth-order valence-electron chi connectivity index (χ4n) is 1.93. The van der Waals surface area contributed by atoms with Crippen molar-refractivity contribution in [2.24, 2.45) is 0 Å². The van der Waals surface area contributed by atoms with E-state index in [0.29, 0.717) is 10.8 Å². The number of aromatic hydroxyl groups is 2. The molecular weight excluding hydrogens is 255 g/mol. The van der Waals surface area contributed by atoms with E-state index in [1.165, 1.54) is 18.2 Å². The topological polar surface area (TPSA) is 40.5 Å². The molecule has 0 aromatic heterocycles. The van der Waals surface area contributed by atoms with Crippen LogP contribution in [0.15, 0.2) is 24.8 Å². The smallest absolute Gasteiger partial charge is 0.172 e. The van der Waals surface area contributed by atoms with Crippen LogP contribution < -0.4 is 0 Å². The van der Waals surface area contributed by atoms with E-state index in [0.717, 1.165) is 5.56 Å². The van der Waals surface area contributed by atoms with E-state index in [4.69, 9.17) is 0 Å². The number of aryl methyl sites for hydroxylation is 1. The molecular formula is C17H23FO2. The molecule has 0 saturated heterocycles. The minimum Gasteiger partial charge on any atom is -0.508 e. The average molecular weight is 278 g/mol. The largest absolute Gasteiger partial charge is 0.508 e. The summed E-state index contributed by atoms with van der Waals surface area (Å²) in [5, 5.41) is 20.1. The van der Waals surface area contributed by atoms with Gasteiger partial charge in [0.15, 0.2) is 11.6 Å². The molecule has 3 heteroatoms. The van der Waals surface area contributed by atoms with E-state index in [1.54, 1.807) is 13.0 Å². The number of rotatable bonds is 1. The van der Waals surface area contributed by atoms with Gasteiger partial charge in [0.2, 0.25) is 0 Å². The van der Waals surface area contributed by atoms with E-state index >= 15 is 0 Å². The van der Waals surface area contributed by atoms with Crippen molar-refractivity contribution in [1.82, 2.24) is 0 Å². The molecule has 2 aromatic carbocycles. The molecule has 110 valence electrons. The maximum Gasteiger partial charge on any atom is 0.172 e. The monoisotopic (exact) mass is 278 g/mol. The highest BCUT2D eigenvalue weighted by Crippen LogP contribution is 2.34. The van der Waals surface area contributed by atoms with Crippen LogP contribution in [-0.2, 0) is 0 Å². The van der Waals surface area contributed by atoms with E-state index in [2.05, 4.69) is 6.58 Å². The molecule has 0 aliphatic rings. The summed E-state index contributed by atoms with van der Waals surface area (Å²) in [4.78, 5) is 0. The summed E-state index contributed by atoms with van der Waals surface area (Å²) >= 11 is 0. The van der Waals surface area contributed by atoms with Crippen LogP contribution >= 0.6 is 0 Å². The predicted octanol–water partition coefficient (Wildman–Crippen LogP) is 5.39. The molecule has 0 atom stereocenters. The molecule has 0 amide bonds. The Morgan fingerprint density at radius 3 is 2.10 bits per heavy atom. The van der Waals surface area contributed by atoms with Gasteiger partial charge in [-0.25, -0.2) is 4.39 Å². The van der Waals surface area contributed by atoms with Crippen LogP contribution in [0.3, 0.4) is 0 Å². The van der Waals surface area contributed by atoms with Gasteiger partial charge >= 0.3 is 0 Å². The van der Waals surface area contributed by atoms with Crippen molar-refractivity contribution in [2.75, 3.05) is 0 Å². The van der Waals surface area contributed by atoms with Crippen LogP contribution in [0.2, 0.25) is 0 Å². The molecule has 2 nitrogen and oxygen atoms in total. The molecule has 0 aliphatic carbocycles. The number of hydrogen-bond acceptors (Lipinski definition) is 2. The highest BCUT2D eigenvalue weighted by Gasteiger charge is 2.12. The maximum atomic E-state index is 13.6. The van der Waals surface area contributed by atoms with Gasteiger partial charge < -0.3 is 10.2 Å². The highest BCUT2D eigenvalue weighted by atomic mass is 19.1. The molecule has 20 heavy (non-hydrogen) atoms. The Labute approximate surface area is 120 Å². The summed E-state index contributed by atoms with van der Waals surface area (Å²) in [5.41, 5.74) is 0.997. The second-order valence-corrected chi connectivity index (χ2v) is 3.69. The number of fused-ring (bicyclic) bond motifs is 1.